The lowest BCUT2D eigenvalue weighted by atomic mass is 10.00. The zero-order chi connectivity index (χ0) is 13.9. The molecule has 1 unspecified atom stereocenters. The average Bonchev–Trinajstić information content (AvgIpc) is 3.12. The number of rotatable bonds is 5. The van der Waals surface area contributed by atoms with E-state index in [2.05, 4.69) is 42.7 Å². The van der Waals surface area contributed by atoms with E-state index in [-0.39, 0.29) is 6.04 Å². The summed E-state index contributed by atoms with van der Waals surface area (Å²) < 4.78 is 5.55. The van der Waals surface area contributed by atoms with Crippen LogP contribution in [0.1, 0.15) is 33.8 Å². The molecule has 0 bridgehead atoms. The van der Waals surface area contributed by atoms with Crippen LogP contribution in [0, 0.1) is 0 Å². The normalized spacial score (nSPS) is 14.9. The van der Waals surface area contributed by atoms with Crippen molar-refractivity contribution in [1.29, 1.82) is 0 Å². The van der Waals surface area contributed by atoms with Crippen molar-refractivity contribution in [2.75, 3.05) is 6.61 Å². The highest BCUT2D eigenvalue weighted by molar-refractivity contribution is 7.11. The third-order valence-corrected chi connectivity index (χ3v) is 5.04. The second-order valence-electron chi connectivity index (χ2n) is 5.11. The van der Waals surface area contributed by atoms with E-state index in [1.165, 1.54) is 20.9 Å². The van der Waals surface area contributed by atoms with Crippen LogP contribution in [0.15, 0.2) is 30.3 Å². The van der Waals surface area contributed by atoms with Crippen molar-refractivity contribution in [2.24, 2.45) is 5.84 Å². The summed E-state index contributed by atoms with van der Waals surface area (Å²) in [7, 11) is 0. The van der Waals surface area contributed by atoms with Gasteiger partial charge in [0.05, 0.1) is 12.6 Å². The quantitative estimate of drug-likeness (QED) is 0.657. The molecule has 1 aromatic heterocycles. The number of nitrogens with two attached hydrogens (primary N) is 1. The molecule has 3 nitrogen and oxygen atoms in total. The smallest absolute Gasteiger partial charge is 0.122 e. The Balaban J connectivity index is 1.79. The van der Waals surface area contributed by atoms with Crippen molar-refractivity contribution in [3.8, 4) is 5.75 Å². The molecular formula is C16H20N2OS. The molecule has 2 aromatic rings. The van der Waals surface area contributed by atoms with Gasteiger partial charge < -0.3 is 4.74 Å². The largest absolute Gasteiger partial charge is 0.493 e. The van der Waals surface area contributed by atoms with Crippen molar-refractivity contribution in [3.05, 3.63) is 51.2 Å². The molecule has 0 fully saturated rings. The van der Waals surface area contributed by atoms with Gasteiger partial charge in [0.2, 0.25) is 0 Å². The number of aryl methyl sites for hydroxylation is 1. The van der Waals surface area contributed by atoms with Gasteiger partial charge >= 0.3 is 0 Å². The summed E-state index contributed by atoms with van der Waals surface area (Å²) in [4.78, 5) is 2.81. The summed E-state index contributed by atoms with van der Waals surface area (Å²) >= 11 is 1.88. The van der Waals surface area contributed by atoms with Crippen LogP contribution >= 0.6 is 11.3 Å². The van der Waals surface area contributed by atoms with E-state index in [1.807, 2.05) is 11.3 Å². The van der Waals surface area contributed by atoms with Crippen LogP contribution in [0.5, 0.6) is 5.75 Å². The Bertz CT molecular complexity index is 594. The molecule has 0 spiro atoms. The number of fused-ring (bicyclic) bond motifs is 1. The predicted molar refractivity (Wildman–Crippen MR) is 83.1 cm³/mol. The van der Waals surface area contributed by atoms with Gasteiger partial charge in [-0.25, -0.2) is 0 Å². The van der Waals surface area contributed by atoms with Gasteiger partial charge in [0.1, 0.15) is 5.75 Å². The van der Waals surface area contributed by atoms with Crippen molar-refractivity contribution in [3.63, 3.8) is 0 Å². The van der Waals surface area contributed by atoms with Crippen LogP contribution in [0.25, 0.3) is 0 Å². The van der Waals surface area contributed by atoms with Crippen molar-refractivity contribution in [2.45, 2.75) is 32.2 Å². The van der Waals surface area contributed by atoms with Crippen LogP contribution in [-0.4, -0.2) is 6.61 Å². The maximum Gasteiger partial charge on any atom is 0.122 e. The standard InChI is InChI=1S/C16H20N2OS/c1-2-13-4-5-14(20-13)10-15(18-17)11-3-6-16-12(9-11)7-8-19-16/h3-6,9,15,18H,2,7-8,10,17H2,1H3. The molecular weight excluding hydrogens is 268 g/mol. The number of benzene rings is 1. The molecule has 106 valence electrons. The fourth-order valence-corrected chi connectivity index (χ4v) is 3.62. The fourth-order valence-electron chi connectivity index (χ4n) is 2.62. The van der Waals surface area contributed by atoms with Gasteiger partial charge in [-0.05, 0) is 35.7 Å². The van der Waals surface area contributed by atoms with Crippen LogP contribution in [-0.2, 0) is 19.3 Å². The number of hydrogen-bond donors (Lipinski definition) is 2. The van der Waals surface area contributed by atoms with Crippen molar-refractivity contribution in [1.82, 2.24) is 5.43 Å². The summed E-state index contributed by atoms with van der Waals surface area (Å²) in [6, 6.07) is 11.0. The first kappa shape index (κ1) is 13.6. The predicted octanol–water partition coefficient (Wildman–Crippen LogP) is 2.99. The highest BCUT2D eigenvalue weighted by Gasteiger charge is 2.17. The molecule has 0 saturated heterocycles. The summed E-state index contributed by atoms with van der Waals surface area (Å²) in [6.07, 6.45) is 3.03. The van der Waals surface area contributed by atoms with E-state index in [1.54, 1.807) is 0 Å². The number of hydrazine groups is 1. The molecule has 1 aromatic carbocycles. The highest BCUT2D eigenvalue weighted by Crippen LogP contribution is 2.30. The van der Waals surface area contributed by atoms with Crippen LogP contribution < -0.4 is 16.0 Å². The van der Waals surface area contributed by atoms with Crippen LogP contribution in [0.4, 0.5) is 0 Å². The van der Waals surface area contributed by atoms with Gasteiger partial charge in [0, 0.05) is 22.6 Å². The van der Waals surface area contributed by atoms with Gasteiger partial charge in [-0.1, -0.05) is 19.1 Å². The third kappa shape index (κ3) is 2.73. The maximum absolute atomic E-state index is 5.76. The number of hydrogen-bond acceptors (Lipinski definition) is 4. The van der Waals surface area contributed by atoms with Gasteiger partial charge in [0.15, 0.2) is 0 Å². The molecule has 1 aliphatic heterocycles. The molecule has 3 rings (SSSR count). The zero-order valence-corrected chi connectivity index (χ0v) is 12.5. The Morgan fingerprint density at radius 2 is 2.15 bits per heavy atom. The first-order chi connectivity index (χ1) is 9.80. The van der Waals surface area contributed by atoms with Crippen LogP contribution in [0.3, 0.4) is 0 Å². The molecule has 1 aliphatic rings. The van der Waals surface area contributed by atoms with Crippen molar-refractivity contribution >= 4 is 11.3 Å². The minimum atomic E-state index is 0.157. The van der Waals surface area contributed by atoms with Gasteiger partial charge in [-0.15, -0.1) is 11.3 Å². The molecule has 20 heavy (non-hydrogen) atoms. The first-order valence-electron chi connectivity index (χ1n) is 7.09. The van der Waals surface area contributed by atoms with Gasteiger partial charge in [-0.2, -0.15) is 0 Å². The Morgan fingerprint density at radius 3 is 2.90 bits per heavy atom. The fraction of sp³-hybridized carbons (Fsp3) is 0.375. The minimum Gasteiger partial charge on any atom is -0.493 e. The maximum atomic E-state index is 5.76. The number of ether oxygens (including phenoxy) is 1. The van der Waals surface area contributed by atoms with Crippen LogP contribution in [0.2, 0.25) is 0 Å². The van der Waals surface area contributed by atoms with E-state index < -0.39 is 0 Å². The van der Waals surface area contributed by atoms with Gasteiger partial charge in [0.25, 0.3) is 0 Å². The van der Waals surface area contributed by atoms with E-state index in [9.17, 15) is 0 Å². The Kier molecular flexibility index (Phi) is 4.05. The summed E-state index contributed by atoms with van der Waals surface area (Å²) in [5, 5.41) is 0. The Labute approximate surface area is 123 Å². The Morgan fingerprint density at radius 1 is 1.30 bits per heavy atom. The summed E-state index contributed by atoms with van der Waals surface area (Å²) in [5.74, 6) is 6.78. The van der Waals surface area contributed by atoms with E-state index in [4.69, 9.17) is 10.6 Å². The lowest BCUT2D eigenvalue weighted by Gasteiger charge is -2.16. The summed E-state index contributed by atoms with van der Waals surface area (Å²) in [6.45, 7) is 2.99. The lowest BCUT2D eigenvalue weighted by Crippen LogP contribution is -2.29. The second-order valence-corrected chi connectivity index (χ2v) is 6.36. The monoisotopic (exact) mass is 288 g/mol. The topological polar surface area (TPSA) is 47.3 Å². The molecule has 1 atom stereocenters. The highest BCUT2D eigenvalue weighted by atomic mass is 32.1. The zero-order valence-electron chi connectivity index (χ0n) is 11.7. The Hall–Kier alpha value is -1.36. The summed E-state index contributed by atoms with van der Waals surface area (Å²) in [5.41, 5.74) is 5.48. The third-order valence-electron chi connectivity index (χ3n) is 3.79. The minimum absolute atomic E-state index is 0.157. The molecule has 0 amide bonds. The van der Waals surface area contributed by atoms with E-state index in [0.29, 0.717) is 0 Å². The molecule has 0 radical (unpaired) electrons. The van der Waals surface area contributed by atoms with Crippen molar-refractivity contribution < 1.29 is 4.74 Å². The van der Waals surface area contributed by atoms with E-state index >= 15 is 0 Å². The molecule has 0 saturated carbocycles. The number of nitrogens with one attached hydrogen (secondary N) is 1. The SMILES string of the molecule is CCc1ccc(CC(NN)c2ccc3c(c2)CCO3)s1. The molecule has 4 heteroatoms. The molecule has 0 aliphatic carbocycles. The number of thiophene rings is 1. The second kappa shape index (κ2) is 5.95. The molecule has 2 heterocycles. The molecule has 3 N–H and O–H groups in total. The first-order valence-corrected chi connectivity index (χ1v) is 7.91. The lowest BCUT2D eigenvalue weighted by molar-refractivity contribution is 0.356. The average molecular weight is 288 g/mol. The van der Waals surface area contributed by atoms with Gasteiger partial charge in [-0.3, -0.25) is 11.3 Å². The van der Waals surface area contributed by atoms with E-state index in [0.717, 1.165) is 31.6 Å².